The molecule has 2 aromatic rings. The maximum atomic E-state index is 12.6. The van der Waals surface area contributed by atoms with Gasteiger partial charge in [0.2, 0.25) is 0 Å². The molecule has 1 atom stereocenters. The predicted molar refractivity (Wildman–Crippen MR) is 124 cm³/mol. The number of carbonyl (C=O) groups excluding carboxylic acids is 1. The first-order valence-corrected chi connectivity index (χ1v) is 11.9. The second kappa shape index (κ2) is 7.88. The highest BCUT2D eigenvalue weighted by Crippen LogP contribution is 2.48. The van der Waals surface area contributed by atoms with Crippen molar-refractivity contribution >= 4 is 28.9 Å². The maximum Gasteiger partial charge on any atom is 0.410 e. The van der Waals surface area contributed by atoms with Gasteiger partial charge in [-0.15, -0.1) is 0 Å². The number of carboxylic acid groups (broad SMARTS) is 1. The summed E-state index contributed by atoms with van der Waals surface area (Å²) in [5.41, 5.74) is 1.66. The Kier molecular flexibility index (Phi) is 5.25. The van der Waals surface area contributed by atoms with Crippen molar-refractivity contribution in [2.75, 3.05) is 24.5 Å². The van der Waals surface area contributed by atoms with Gasteiger partial charge in [-0.1, -0.05) is 0 Å². The standard InChI is InChI=1S/C24H33N5O4/c1-14-11-27(23(32)33-24(2,3)4)7-8-28(14)20-19-18(15-5-6-15)12-29(21(19)26-13-25-20)17-9-16(10-17)22(30)31/h12-17H,5-11H2,1-4H3,(H,30,31)/t14-,16?,17?/m0/s1. The first-order valence-electron chi connectivity index (χ1n) is 11.9. The topological polar surface area (TPSA) is 101 Å². The number of carbonyl (C=O) groups is 2. The Bertz CT molecular complexity index is 1080. The monoisotopic (exact) mass is 455 g/mol. The van der Waals surface area contributed by atoms with Crippen LogP contribution in [0.2, 0.25) is 0 Å². The summed E-state index contributed by atoms with van der Waals surface area (Å²) in [6.07, 6.45) is 7.16. The van der Waals surface area contributed by atoms with Gasteiger partial charge in [-0.25, -0.2) is 14.8 Å². The molecule has 0 unspecified atom stereocenters. The highest BCUT2D eigenvalue weighted by atomic mass is 16.6. The number of fused-ring (bicyclic) bond motifs is 1. The Labute approximate surface area is 193 Å². The number of hydrogen-bond donors (Lipinski definition) is 1. The molecule has 9 nitrogen and oxygen atoms in total. The molecular formula is C24H33N5O4. The molecule has 1 amide bonds. The highest BCUT2D eigenvalue weighted by molar-refractivity contribution is 5.92. The van der Waals surface area contributed by atoms with Crippen LogP contribution < -0.4 is 4.90 Å². The lowest BCUT2D eigenvalue weighted by atomic mass is 9.80. The summed E-state index contributed by atoms with van der Waals surface area (Å²) in [5, 5.41) is 10.4. The fourth-order valence-corrected chi connectivity index (χ4v) is 5.08. The van der Waals surface area contributed by atoms with E-state index in [1.807, 2.05) is 20.8 Å². The zero-order chi connectivity index (χ0) is 23.5. The first kappa shape index (κ1) is 22.0. The molecule has 0 bridgehead atoms. The van der Waals surface area contributed by atoms with E-state index in [0.29, 0.717) is 38.4 Å². The number of anilines is 1. The van der Waals surface area contributed by atoms with Gasteiger partial charge in [0.25, 0.3) is 0 Å². The van der Waals surface area contributed by atoms with Crippen molar-refractivity contribution in [3.8, 4) is 0 Å². The smallest absolute Gasteiger partial charge is 0.410 e. The van der Waals surface area contributed by atoms with Crippen LogP contribution in [0.5, 0.6) is 0 Å². The van der Waals surface area contributed by atoms with Crippen LogP contribution in [0.15, 0.2) is 12.5 Å². The molecule has 0 radical (unpaired) electrons. The van der Waals surface area contributed by atoms with E-state index in [1.165, 1.54) is 5.56 Å². The lowest BCUT2D eigenvalue weighted by molar-refractivity contribution is -0.145. The largest absolute Gasteiger partial charge is 0.481 e. The van der Waals surface area contributed by atoms with E-state index in [4.69, 9.17) is 9.72 Å². The summed E-state index contributed by atoms with van der Waals surface area (Å²) in [7, 11) is 0. The Morgan fingerprint density at radius 1 is 1.15 bits per heavy atom. The molecule has 9 heteroatoms. The summed E-state index contributed by atoms with van der Waals surface area (Å²) >= 11 is 0. The number of piperazine rings is 1. The lowest BCUT2D eigenvalue weighted by Crippen LogP contribution is -2.54. The summed E-state index contributed by atoms with van der Waals surface area (Å²) in [4.78, 5) is 37.3. The minimum absolute atomic E-state index is 0.0832. The number of amides is 1. The molecule has 0 aromatic carbocycles. The third kappa shape index (κ3) is 4.13. The Morgan fingerprint density at radius 2 is 1.88 bits per heavy atom. The molecule has 1 N–H and O–H groups in total. The van der Waals surface area contributed by atoms with Gasteiger partial charge in [0, 0.05) is 37.9 Å². The van der Waals surface area contributed by atoms with Gasteiger partial charge in [0.1, 0.15) is 23.4 Å². The van der Waals surface area contributed by atoms with E-state index in [0.717, 1.165) is 29.7 Å². The Balaban J connectivity index is 1.42. The van der Waals surface area contributed by atoms with Crippen molar-refractivity contribution in [2.45, 2.75) is 77.0 Å². The maximum absolute atomic E-state index is 12.6. The third-order valence-electron chi connectivity index (χ3n) is 7.04. The molecule has 178 valence electrons. The number of ether oxygens (including phenoxy) is 1. The van der Waals surface area contributed by atoms with Crippen molar-refractivity contribution in [2.24, 2.45) is 5.92 Å². The van der Waals surface area contributed by atoms with Crippen LogP contribution in [-0.4, -0.2) is 67.9 Å². The molecule has 1 saturated heterocycles. The van der Waals surface area contributed by atoms with E-state index in [1.54, 1.807) is 11.2 Å². The average Bonchev–Trinajstić information content (AvgIpc) is 3.47. The van der Waals surface area contributed by atoms with Crippen LogP contribution in [-0.2, 0) is 9.53 Å². The van der Waals surface area contributed by atoms with Crippen LogP contribution in [0, 0.1) is 5.92 Å². The SMILES string of the molecule is C[C@H]1CN(C(=O)OC(C)(C)C)CCN1c1ncnc2c1c(C1CC1)cn2C1CC(C(=O)O)C1. The molecule has 33 heavy (non-hydrogen) atoms. The fourth-order valence-electron chi connectivity index (χ4n) is 5.08. The van der Waals surface area contributed by atoms with Crippen molar-refractivity contribution in [1.29, 1.82) is 0 Å². The van der Waals surface area contributed by atoms with Crippen LogP contribution in [0.25, 0.3) is 11.0 Å². The zero-order valence-electron chi connectivity index (χ0n) is 19.8. The number of aromatic nitrogens is 3. The molecule has 2 saturated carbocycles. The van der Waals surface area contributed by atoms with Gasteiger partial charge in [-0.2, -0.15) is 0 Å². The van der Waals surface area contributed by atoms with Gasteiger partial charge < -0.3 is 24.2 Å². The zero-order valence-corrected chi connectivity index (χ0v) is 19.8. The lowest BCUT2D eigenvalue weighted by Gasteiger charge is -2.41. The first-order chi connectivity index (χ1) is 15.6. The van der Waals surface area contributed by atoms with Crippen molar-refractivity contribution in [1.82, 2.24) is 19.4 Å². The normalized spacial score (nSPS) is 25.8. The molecule has 2 aliphatic carbocycles. The second-order valence-corrected chi connectivity index (χ2v) is 10.8. The molecule has 2 aromatic heterocycles. The number of rotatable bonds is 4. The van der Waals surface area contributed by atoms with E-state index in [-0.39, 0.29) is 24.1 Å². The van der Waals surface area contributed by atoms with E-state index in [2.05, 4.69) is 27.6 Å². The number of nitrogens with zero attached hydrogens (tertiary/aromatic N) is 5. The minimum atomic E-state index is -0.711. The minimum Gasteiger partial charge on any atom is -0.481 e. The number of aliphatic carboxylic acids is 1. The highest BCUT2D eigenvalue weighted by Gasteiger charge is 2.39. The van der Waals surface area contributed by atoms with Gasteiger partial charge in [-0.05, 0) is 64.9 Å². The van der Waals surface area contributed by atoms with Crippen molar-refractivity contribution in [3.63, 3.8) is 0 Å². The molecule has 5 rings (SSSR count). The predicted octanol–water partition coefficient (Wildman–Crippen LogP) is 3.79. The van der Waals surface area contributed by atoms with Crippen LogP contribution >= 0.6 is 0 Å². The van der Waals surface area contributed by atoms with E-state index >= 15 is 0 Å². The third-order valence-corrected chi connectivity index (χ3v) is 7.04. The van der Waals surface area contributed by atoms with Gasteiger partial charge in [0.05, 0.1) is 11.3 Å². The summed E-state index contributed by atoms with van der Waals surface area (Å²) in [5.74, 6) is 0.467. The number of carboxylic acids is 1. The van der Waals surface area contributed by atoms with E-state index in [9.17, 15) is 14.7 Å². The van der Waals surface area contributed by atoms with E-state index < -0.39 is 11.6 Å². The second-order valence-electron chi connectivity index (χ2n) is 10.8. The molecule has 3 fully saturated rings. The Morgan fingerprint density at radius 3 is 2.48 bits per heavy atom. The Hall–Kier alpha value is -2.84. The fraction of sp³-hybridized carbons (Fsp3) is 0.667. The molecule has 1 aliphatic heterocycles. The summed E-state index contributed by atoms with van der Waals surface area (Å²) in [6, 6.07) is 0.255. The number of hydrogen-bond acceptors (Lipinski definition) is 6. The summed E-state index contributed by atoms with van der Waals surface area (Å²) in [6.45, 7) is 9.58. The van der Waals surface area contributed by atoms with Crippen LogP contribution in [0.1, 0.15) is 70.9 Å². The van der Waals surface area contributed by atoms with Crippen LogP contribution in [0.4, 0.5) is 10.6 Å². The molecule has 3 heterocycles. The van der Waals surface area contributed by atoms with Crippen LogP contribution in [0.3, 0.4) is 0 Å². The summed E-state index contributed by atoms with van der Waals surface area (Å²) < 4.78 is 7.76. The average molecular weight is 456 g/mol. The van der Waals surface area contributed by atoms with Gasteiger partial charge >= 0.3 is 12.1 Å². The van der Waals surface area contributed by atoms with Crippen molar-refractivity contribution < 1.29 is 19.4 Å². The quantitative estimate of drug-likeness (QED) is 0.748. The molecular weight excluding hydrogens is 422 g/mol. The molecule has 3 aliphatic rings. The molecule has 0 spiro atoms. The van der Waals surface area contributed by atoms with Gasteiger partial charge in [-0.3, -0.25) is 4.79 Å². The van der Waals surface area contributed by atoms with Gasteiger partial charge in [0.15, 0.2) is 0 Å². The van der Waals surface area contributed by atoms with Crippen molar-refractivity contribution in [3.05, 3.63) is 18.1 Å².